The third kappa shape index (κ3) is 12.4. The minimum absolute atomic E-state index is 0.0621. The van der Waals surface area contributed by atoms with E-state index in [0.717, 1.165) is 38.5 Å². The molecular formula is C22H38O4. The molecule has 0 bridgehead atoms. The van der Waals surface area contributed by atoms with Gasteiger partial charge in [-0.25, -0.2) is 0 Å². The van der Waals surface area contributed by atoms with Crippen molar-refractivity contribution in [2.24, 2.45) is 0 Å². The van der Waals surface area contributed by atoms with Crippen LogP contribution < -0.4 is 0 Å². The normalized spacial score (nSPS) is 13.7. The van der Waals surface area contributed by atoms with Gasteiger partial charge < -0.3 is 19.3 Å². The Labute approximate surface area is 159 Å². The highest BCUT2D eigenvalue weighted by Crippen LogP contribution is 2.14. The fourth-order valence-electron chi connectivity index (χ4n) is 2.97. The van der Waals surface area contributed by atoms with Crippen LogP contribution in [0, 0.1) is 0 Å². The van der Waals surface area contributed by atoms with Gasteiger partial charge in [0.25, 0.3) is 0 Å². The van der Waals surface area contributed by atoms with Crippen molar-refractivity contribution in [3.63, 3.8) is 0 Å². The van der Waals surface area contributed by atoms with Gasteiger partial charge in [-0.2, -0.15) is 0 Å². The number of rotatable bonds is 17. The van der Waals surface area contributed by atoms with Gasteiger partial charge in [0, 0.05) is 7.11 Å². The van der Waals surface area contributed by atoms with E-state index in [1.54, 1.807) is 7.11 Å². The lowest BCUT2D eigenvalue weighted by Gasteiger charge is -2.18. The summed E-state index contributed by atoms with van der Waals surface area (Å²) in [5.41, 5.74) is 1.17. The molecule has 0 aliphatic rings. The predicted molar refractivity (Wildman–Crippen MR) is 106 cm³/mol. The fourth-order valence-corrected chi connectivity index (χ4v) is 2.97. The highest BCUT2D eigenvalue weighted by molar-refractivity contribution is 5.13. The Bertz CT molecular complexity index is 410. The topological polar surface area (TPSA) is 47.9 Å². The molecule has 0 aliphatic carbocycles. The number of unbranched alkanes of at least 4 members (excludes halogenated alkanes) is 4. The second kappa shape index (κ2) is 16.2. The molecule has 0 amide bonds. The monoisotopic (exact) mass is 366 g/mol. The van der Waals surface area contributed by atoms with Crippen molar-refractivity contribution < 1.29 is 19.3 Å². The summed E-state index contributed by atoms with van der Waals surface area (Å²) in [5.74, 6) is 0. The maximum Gasteiger partial charge on any atom is 0.146 e. The van der Waals surface area contributed by atoms with Gasteiger partial charge in [-0.15, -0.1) is 0 Å². The minimum Gasteiger partial charge on any atom is -0.393 e. The second-order valence-corrected chi connectivity index (χ2v) is 6.98. The number of ether oxygens (including phenoxy) is 3. The van der Waals surface area contributed by atoms with Crippen LogP contribution in [-0.2, 0) is 20.8 Å². The molecule has 0 saturated carbocycles. The highest BCUT2D eigenvalue weighted by Gasteiger charge is 2.11. The van der Waals surface area contributed by atoms with Crippen LogP contribution in [0.5, 0.6) is 0 Å². The molecule has 0 spiro atoms. The molecule has 1 N–H and O–H groups in total. The second-order valence-electron chi connectivity index (χ2n) is 6.98. The molecule has 1 rings (SSSR count). The van der Waals surface area contributed by atoms with Crippen LogP contribution in [0.15, 0.2) is 30.3 Å². The van der Waals surface area contributed by atoms with Gasteiger partial charge in [-0.1, -0.05) is 75.8 Å². The first-order valence-corrected chi connectivity index (χ1v) is 10.2. The summed E-state index contributed by atoms with van der Waals surface area (Å²) in [6.45, 7) is 3.65. The molecule has 0 radical (unpaired) electrons. The van der Waals surface area contributed by atoms with Crippen LogP contribution in [0.1, 0.15) is 70.3 Å². The molecule has 4 nitrogen and oxygen atoms in total. The van der Waals surface area contributed by atoms with E-state index in [-0.39, 0.29) is 12.2 Å². The lowest BCUT2D eigenvalue weighted by atomic mass is 10.0. The van der Waals surface area contributed by atoms with Gasteiger partial charge in [0.05, 0.1) is 25.4 Å². The van der Waals surface area contributed by atoms with Crippen molar-refractivity contribution in [3.05, 3.63) is 35.9 Å². The summed E-state index contributed by atoms with van der Waals surface area (Å²) < 4.78 is 16.5. The zero-order valence-corrected chi connectivity index (χ0v) is 16.7. The van der Waals surface area contributed by atoms with Gasteiger partial charge >= 0.3 is 0 Å². The Hall–Kier alpha value is -0.940. The first kappa shape index (κ1) is 23.1. The molecule has 4 heteroatoms. The van der Waals surface area contributed by atoms with E-state index in [4.69, 9.17) is 14.2 Å². The van der Waals surface area contributed by atoms with Crippen LogP contribution in [0.4, 0.5) is 0 Å². The van der Waals surface area contributed by atoms with Gasteiger partial charge in [0.1, 0.15) is 6.79 Å². The van der Waals surface area contributed by atoms with Crippen LogP contribution in [0.3, 0.4) is 0 Å². The Morgan fingerprint density at radius 1 is 0.923 bits per heavy atom. The van der Waals surface area contributed by atoms with Gasteiger partial charge in [-0.05, 0) is 24.8 Å². The summed E-state index contributed by atoms with van der Waals surface area (Å²) >= 11 is 0. The third-order valence-electron chi connectivity index (χ3n) is 4.54. The highest BCUT2D eigenvalue weighted by atomic mass is 16.7. The molecule has 150 valence electrons. The van der Waals surface area contributed by atoms with Gasteiger partial charge in [0.15, 0.2) is 0 Å². The maximum atomic E-state index is 10.1. The zero-order chi connectivity index (χ0) is 18.9. The summed E-state index contributed by atoms with van der Waals surface area (Å²) in [5, 5.41) is 10.1. The average molecular weight is 367 g/mol. The predicted octanol–water partition coefficient (Wildman–Crippen LogP) is 5.08. The molecule has 0 aliphatic heterocycles. The molecule has 0 aromatic heterocycles. The van der Waals surface area contributed by atoms with Crippen LogP contribution >= 0.6 is 0 Å². The molecule has 1 aromatic rings. The quantitative estimate of drug-likeness (QED) is 0.308. The number of aliphatic hydroxyl groups excluding tert-OH is 1. The van der Waals surface area contributed by atoms with Crippen LogP contribution in [0.2, 0.25) is 0 Å². The molecule has 0 fully saturated rings. The Kier molecular flexibility index (Phi) is 14.4. The van der Waals surface area contributed by atoms with E-state index in [2.05, 4.69) is 19.1 Å². The van der Waals surface area contributed by atoms with Crippen molar-refractivity contribution >= 4 is 0 Å². The van der Waals surface area contributed by atoms with Crippen molar-refractivity contribution in [1.29, 1.82) is 0 Å². The Morgan fingerprint density at radius 2 is 1.62 bits per heavy atom. The number of hydrogen-bond donors (Lipinski definition) is 1. The van der Waals surface area contributed by atoms with E-state index < -0.39 is 0 Å². The van der Waals surface area contributed by atoms with Crippen molar-refractivity contribution in [2.75, 3.05) is 20.5 Å². The lowest BCUT2D eigenvalue weighted by molar-refractivity contribution is -0.0852. The Balaban J connectivity index is 2.20. The Morgan fingerprint density at radius 3 is 2.31 bits per heavy atom. The summed E-state index contributed by atoms with van der Waals surface area (Å²) in [6, 6.07) is 10.2. The lowest BCUT2D eigenvalue weighted by Crippen LogP contribution is -2.21. The number of hydrogen-bond acceptors (Lipinski definition) is 4. The van der Waals surface area contributed by atoms with Gasteiger partial charge in [0.2, 0.25) is 0 Å². The molecule has 1 unspecified atom stereocenters. The molecule has 2 atom stereocenters. The van der Waals surface area contributed by atoms with Crippen LogP contribution in [0.25, 0.3) is 0 Å². The van der Waals surface area contributed by atoms with E-state index in [9.17, 15) is 5.11 Å². The smallest absolute Gasteiger partial charge is 0.146 e. The number of aliphatic hydroxyl groups is 1. The average Bonchev–Trinajstić information content (AvgIpc) is 2.67. The van der Waals surface area contributed by atoms with Gasteiger partial charge in [-0.3, -0.25) is 0 Å². The third-order valence-corrected chi connectivity index (χ3v) is 4.54. The SMILES string of the molecule is CCCCCCC(O)CCCC[C@H](COCOC)OCc1ccccc1. The van der Waals surface area contributed by atoms with E-state index in [1.165, 1.54) is 24.8 Å². The summed E-state index contributed by atoms with van der Waals surface area (Å²) in [7, 11) is 1.63. The summed E-state index contributed by atoms with van der Waals surface area (Å²) in [6.07, 6.45) is 9.64. The van der Waals surface area contributed by atoms with Crippen molar-refractivity contribution in [2.45, 2.75) is 83.5 Å². The molecule has 0 saturated heterocycles. The molecule has 0 heterocycles. The standard InChI is InChI=1S/C22H38O4/c1-3-4-5-9-14-21(23)15-10-11-16-22(18-25-19-24-2)26-17-20-12-7-6-8-13-20/h6-8,12-13,21-23H,3-5,9-11,14-19H2,1-2H3/t21?,22-/m1/s1. The molecular weight excluding hydrogens is 328 g/mol. The maximum absolute atomic E-state index is 10.1. The first-order chi connectivity index (χ1) is 12.8. The number of benzene rings is 1. The van der Waals surface area contributed by atoms with Crippen molar-refractivity contribution in [3.8, 4) is 0 Å². The fraction of sp³-hybridized carbons (Fsp3) is 0.727. The first-order valence-electron chi connectivity index (χ1n) is 10.2. The minimum atomic E-state index is -0.153. The zero-order valence-electron chi connectivity index (χ0n) is 16.7. The van der Waals surface area contributed by atoms with Crippen molar-refractivity contribution in [1.82, 2.24) is 0 Å². The van der Waals surface area contributed by atoms with E-state index in [0.29, 0.717) is 20.0 Å². The largest absolute Gasteiger partial charge is 0.393 e. The van der Waals surface area contributed by atoms with E-state index >= 15 is 0 Å². The van der Waals surface area contributed by atoms with Crippen LogP contribution in [-0.4, -0.2) is 37.8 Å². The molecule has 26 heavy (non-hydrogen) atoms. The molecule has 1 aromatic carbocycles. The summed E-state index contributed by atoms with van der Waals surface area (Å²) in [4.78, 5) is 0. The number of methoxy groups -OCH3 is 1. The van der Waals surface area contributed by atoms with E-state index in [1.807, 2.05) is 18.2 Å².